The molecule has 3 N–H and O–H groups in total. The van der Waals surface area contributed by atoms with Gasteiger partial charge in [-0.1, -0.05) is 11.3 Å². The van der Waals surface area contributed by atoms with Crippen LogP contribution in [0.2, 0.25) is 0 Å². The van der Waals surface area contributed by atoms with Gasteiger partial charge in [0.05, 0.1) is 15.5 Å². The lowest BCUT2D eigenvalue weighted by atomic mass is 10.1. The van der Waals surface area contributed by atoms with Gasteiger partial charge in [0.1, 0.15) is 0 Å². The molecular weight excluding hydrogens is 472 g/mol. The molecule has 0 radical (unpaired) electrons. The molecule has 2 heterocycles. The molecule has 11 heteroatoms. The van der Waals surface area contributed by atoms with Crippen LogP contribution >= 0.6 is 23.1 Å². The van der Waals surface area contributed by atoms with Crippen molar-refractivity contribution < 1.29 is 14.4 Å². The number of anilines is 1. The van der Waals surface area contributed by atoms with Crippen LogP contribution in [0.1, 0.15) is 33.6 Å². The number of thioether (sulfide) groups is 1. The molecule has 3 amide bonds. The molecule has 2 aromatic rings. The van der Waals surface area contributed by atoms with E-state index in [0.29, 0.717) is 33.0 Å². The summed E-state index contributed by atoms with van der Waals surface area (Å²) in [7, 11) is 3.91. The van der Waals surface area contributed by atoms with Gasteiger partial charge in [-0.2, -0.15) is 0 Å². The number of carbonyl (C=O) groups is 3. The van der Waals surface area contributed by atoms with E-state index in [2.05, 4.69) is 25.9 Å². The van der Waals surface area contributed by atoms with E-state index in [1.165, 1.54) is 23.1 Å². The minimum Gasteiger partial charge on any atom is -0.351 e. The Morgan fingerprint density at radius 3 is 2.82 bits per heavy atom. The molecule has 34 heavy (non-hydrogen) atoms. The van der Waals surface area contributed by atoms with Gasteiger partial charge in [0.15, 0.2) is 10.3 Å². The van der Waals surface area contributed by atoms with Crippen LogP contribution in [0, 0.1) is 12.8 Å². The number of aryl methyl sites for hydroxylation is 1. The van der Waals surface area contributed by atoms with Gasteiger partial charge < -0.3 is 20.9 Å². The molecule has 2 fully saturated rings. The lowest BCUT2D eigenvalue weighted by Gasteiger charge is -2.11. The summed E-state index contributed by atoms with van der Waals surface area (Å²) in [5, 5.41) is 9.48. The first-order valence-electron chi connectivity index (χ1n) is 10.9. The van der Waals surface area contributed by atoms with E-state index in [9.17, 15) is 14.4 Å². The van der Waals surface area contributed by atoms with Crippen LogP contribution in [0.5, 0.6) is 0 Å². The summed E-state index contributed by atoms with van der Waals surface area (Å²) in [6, 6.07) is 5.29. The lowest BCUT2D eigenvalue weighted by Crippen LogP contribution is -2.31. The number of likely N-dealkylation sites (N-methyl/N-ethyl adjacent to an activating group) is 1. The molecule has 1 saturated carbocycles. The Kier molecular flexibility index (Phi) is 7.44. The zero-order valence-electron chi connectivity index (χ0n) is 19.2. The highest BCUT2D eigenvalue weighted by atomic mass is 32.2. The Morgan fingerprint density at radius 2 is 2.12 bits per heavy atom. The summed E-state index contributed by atoms with van der Waals surface area (Å²) in [6.45, 7) is 3.21. The molecule has 2 aliphatic rings. The number of rotatable bonds is 8. The Morgan fingerprint density at radius 1 is 1.32 bits per heavy atom. The molecule has 178 valence electrons. The number of amides is 3. The largest absolute Gasteiger partial charge is 0.351 e. The number of nitrogens with one attached hydrogen (secondary N) is 3. The van der Waals surface area contributed by atoms with Crippen LogP contribution < -0.4 is 16.0 Å². The third-order valence-corrected chi connectivity index (χ3v) is 6.92. The van der Waals surface area contributed by atoms with Crippen molar-refractivity contribution in [1.29, 1.82) is 0 Å². The zero-order chi connectivity index (χ0) is 24.2. The molecule has 4 rings (SSSR count). The lowest BCUT2D eigenvalue weighted by molar-refractivity contribution is -0.117. The van der Waals surface area contributed by atoms with Crippen LogP contribution in [0.4, 0.5) is 10.8 Å². The summed E-state index contributed by atoms with van der Waals surface area (Å²) in [6.07, 6.45) is 5.23. The monoisotopic (exact) mass is 498 g/mol. The molecule has 1 aliphatic carbocycles. The number of hydrogen-bond acceptors (Lipinski definition) is 8. The fourth-order valence-corrected chi connectivity index (χ4v) is 4.76. The van der Waals surface area contributed by atoms with E-state index in [4.69, 9.17) is 0 Å². The first kappa shape index (κ1) is 24.1. The number of carbonyl (C=O) groups excluding carboxylic acids is 3. The minimum absolute atomic E-state index is 0.00314. The normalized spacial score (nSPS) is 17.9. The smallest absolute Gasteiger partial charge is 0.264 e. The Balaban J connectivity index is 1.39. The number of benzene rings is 1. The molecule has 1 saturated heterocycles. The summed E-state index contributed by atoms with van der Waals surface area (Å²) >= 11 is 2.56. The Labute approximate surface area is 206 Å². The summed E-state index contributed by atoms with van der Waals surface area (Å²) in [4.78, 5) is 48.7. The standard InChI is InChI=1S/C23H26N6O3S2/c1-13-10-15(19(30)24-8-9-29(2)3)6-7-17(13)26-23-28-21(32)18(34-23)11-16-12-25-22(33-16)27-20(31)14-4-5-14/h6-7,10-12,14H,4-5,8-9H2,1-3H3,(H,24,30)(H,25,27,31)(H,26,28,32). The van der Waals surface area contributed by atoms with Crippen molar-refractivity contribution in [3.05, 3.63) is 45.3 Å². The van der Waals surface area contributed by atoms with Crippen molar-refractivity contribution in [2.24, 2.45) is 10.9 Å². The first-order chi connectivity index (χ1) is 16.3. The van der Waals surface area contributed by atoms with Gasteiger partial charge in [0.25, 0.3) is 11.8 Å². The average Bonchev–Trinajstić information content (AvgIpc) is 3.46. The summed E-state index contributed by atoms with van der Waals surface area (Å²) < 4.78 is 0. The first-order valence-corrected chi connectivity index (χ1v) is 12.5. The van der Waals surface area contributed by atoms with Crippen molar-refractivity contribution >= 4 is 62.9 Å². The second kappa shape index (κ2) is 10.5. The topological polar surface area (TPSA) is 116 Å². The molecule has 9 nitrogen and oxygen atoms in total. The number of thiazole rings is 1. The quantitative estimate of drug-likeness (QED) is 0.482. The van der Waals surface area contributed by atoms with Crippen LogP contribution in [0.3, 0.4) is 0 Å². The second-order valence-corrected chi connectivity index (χ2v) is 10.5. The van der Waals surface area contributed by atoms with Crippen molar-refractivity contribution in [3.8, 4) is 0 Å². The highest BCUT2D eigenvalue weighted by Gasteiger charge is 2.30. The summed E-state index contributed by atoms with van der Waals surface area (Å²) in [5.41, 5.74) is 2.08. The molecule has 0 spiro atoms. The molecular formula is C23H26N6O3S2. The van der Waals surface area contributed by atoms with Crippen LogP contribution in [-0.2, 0) is 9.59 Å². The van der Waals surface area contributed by atoms with E-state index in [1.807, 2.05) is 25.9 Å². The number of nitrogens with zero attached hydrogens (tertiary/aromatic N) is 3. The maximum Gasteiger partial charge on any atom is 0.264 e. The third-order valence-electron chi connectivity index (χ3n) is 5.15. The van der Waals surface area contributed by atoms with Gasteiger partial charge in [-0.15, -0.1) is 0 Å². The SMILES string of the molecule is Cc1cc(C(=O)NCCN(C)C)ccc1N=C1NC(=O)C(=Cc2cnc(NC(=O)C3CC3)s2)S1. The van der Waals surface area contributed by atoms with E-state index >= 15 is 0 Å². The number of amidine groups is 1. The molecule has 0 bridgehead atoms. The second-order valence-electron chi connectivity index (χ2n) is 8.37. The number of aromatic nitrogens is 1. The minimum atomic E-state index is -0.241. The van der Waals surface area contributed by atoms with Gasteiger partial charge >= 0.3 is 0 Å². The Hall–Kier alpha value is -3.02. The number of hydrogen-bond donors (Lipinski definition) is 3. The van der Waals surface area contributed by atoms with E-state index < -0.39 is 0 Å². The van der Waals surface area contributed by atoms with E-state index in [1.54, 1.807) is 30.5 Å². The zero-order valence-corrected chi connectivity index (χ0v) is 20.8. The van der Waals surface area contributed by atoms with Crippen molar-refractivity contribution in [2.45, 2.75) is 19.8 Å². The fraction of sp³-hybridized carbons (Fsp3) is 0.348. The van der Waals surface area contributed by atoms with Gasteiger partial charge in [-0.25, -0.2) is 9.98 Å². The average molecular weight is 499 g/mol. The maximum absolute atomic E-state index is 12.4. The van der Waals surface area contributed by atoms with E-state index in [-0.39, 0.29) is 23.6 Å². The third kappa shape index (κ3) is 6.31. The Bertz CT molecular complexity index is 1180. The molecule has 1 aliphatic heterocycles. The van der Waals surface area contributed by atoms with Crippen molar-refractivity contribution in [1.82, 2.24) is 20.5 Å². The molecule has 1 aromatic carbocycles. The maximum atomic E-state index is 12.4. The molecule has 1 aromatic heterocycles. The van der Waals surface area contributed by atoms with Crippen LogP contribution in [-0.4, -0.2) is 60.0 Å². The van der Waals surface area contributed by atoms with Gasteiger partial charge in [0, 0.05) is 30.8 Å². The van der Waals surface area contributed by atoms with Gasteiger partial charge in [0.2, 0.25) is 5.91 Å². The van der Waals surface area contributed by atoms with Crippen LogP contribution in [0.25, 0.3) is 6.08 Å². The summed E-state index contributed by atoms with van der Waals surface area (Å²) in [5.74, 6) is -0.260. The molecule has 0 atom stereocenters. The van der Waals surface area contributed by atoms with Crippen molar-refractivity contribution in [2.75, 3.05) is 32.5 Å². The van der Waals surface area contributed by atoms with E-state index in [0.717, 1.165) is 29.8 Å². The highest BCUT2D eigenvalue weighted by Crippen LogP contribution is 2.33. The van der Waals surface area contributed by atoms with Gasteiger partial charge in [-0.3, -0.25) is 14.4 Å². The highest BCUT2D eigenvalue weighted by molar-refractivity contribution is 8.18. The molecule has 0 unspecified atom stereocenters. The predicted molar refractivity (Wildman–Crippen MR) is 136 cm³/mol. The number of aliphatic imine (C=N–C) groups is 1. The fourth-order valence-electron chi connectivity index (χ4n) is 3.10. The van der Waals surface area contributed by atoms with Gasteiger partial charge in [-0.05, 0) is 75.5 Å². The predicted octanol–water partition coefficient (Wildman–Crippen LogP) is 2.98. The van der Waals surface area contributed by atoms with Crippen LogP contribution in [0.15, 0.2) is 34.3 Å². The van der Waals surface area contributed by atoms with Crippen molar-refractivity contribution in [3.63, 3.8) is 0 Å².